The summed E-state index contributed by atoms with van der Waals surface area (Å²) in [7, 11) is -2.56. The SMILES string of the molecule is CCc1ccc(S(=O)(=O)NC(COC)C(=O)O)cc1. The lowest BCUT2D eigenvalue weighted by molar-refractivity contribution is -0.140. The molecular formula is C12H17NO5S. The molecule has 106 valence electrons. The molecule has 1 aromatic carbocycles. The highest BCUT2D eigenvalue weighted by molar-refractivity contribution is 7.89. The molecule has 0 aliphatic heterocycles. The van der Waals surface area contributed by atoms with Gasteiger partial charge >= 0.3 is 5.97 Å². The Morgan fingerprint density at radius 1 is 1.37 bits per heavy atom. The van der Waals surface area contributed by atoms with Gasteiger partial charge in [0.2, 0.25) is 10.0 Å². The van der Waals surface area contributed by atoms with Crippen LogP contribution in [0.25, 0.3) is 0 Å². The molecule has 0 saturated carbocycles. The maximum absolute atomic E-state index is 12.0. The average Bonchev–Trinajstić information content (AvgIpc) is 2.38. The molecule has 0 spiro atoms. The summed E-state index contributed by atoms with van der Waals surface area (Å²) in [6, 6.07) is 4.99. The van der Waals surface area contributed by atoms with Gasteiger partial charge in [0.1, 0.15) is 6.04 Å². The highest BCUT2D eigenvalue weighted by Crippen LogP contribution is 2.11. The van der Waals surface area contributed by atoms with Crippen molar-refractivity contribution in [2.24, 2.45) is 0 Å². The standard InChI is InChI=1S/C12H17NO5S/c1-3-9-4-6-10(7-5-9)19(16,17)13-11(8-18-2)12(14)15/h4-7,11,13H,3,8H2,1-2H3,(H,14,15). The second kappa shape index (κ2) is 6.65. The van der Waals surface area contributed by atoms with E-state index in [1.807, 2.05) is 6.92 Å². The fourth-order valence-corrected chi connectivity index (χ4v) is 2.66. The molecular weight excluding hydrogens is 270 g/mol. The van der Waals surface area contributed by atoms with Crippen LogP contribution in [0.5, 0.6) is 0 Å². The minimum atomic E-state index is -3.86. The van der Waals surface area contributed by atoms with Gasteiger partial charge in [-0.1, -0.05) is 19.1 Å². The molecule has 1 unspecified atom stereocenters. The number of rotatable bonds is 7. The first-order valence-electron chi connectivity index (χ1n) is 5.73. The molecule has 6 nitrogen and oxygen atoms in total. The van der Waals surface area contributed by atoms with Crippen LogP contribution in [0.4, 0.5) is 0 Å². The third kappa shape index (κ3) is 4.30. The van der Waals surface area contributed by atoms with Crippen molar-refractivity contribution in [3.8, 4) is 0 Å². The lowest BCUT2D eigenvalue weighted by Gasteiger charge is -2.14. The largest absolute Gasteiger partial charge is 0.480 e. The minimum absolute atomic E-state index is 0.0343. The molecule has 0 aromatic heterocycles. The van der Waals surface area contributed by atoms with Gasteiger partial charge in [0.05, 0.1) is 11.5 Å². The molecule has 1 rings (SSSR count). The van der Waals surface area contributed by atoms with E-state index in [0.29, 0.717) is 0 Å². The number of benzene rings is 1. The first kappa shape index (κ1) is 15.6. The molecule has 0 amide bonds. The summed E-state index contributed by atoms with van der Waals surface area (Å²) in [5.74, 6) is -1.28. The Kier molecular flexibility index (Phi) is 5.46. The number of nitrogens with one attached hydrogen (secondary N) is 1. The molecule has 7 heteroatoms. The van der Waals surface area contributed by atoms with E-state index in [1.54, 1.807) is 12.1 Å². The average molecular weight is 287 g/mol. The second-order valence-electron chi connectivity index (χ2n) is 3.96. The molecule has 0 aliphatic rings. The Morgan fingerprint density at radius 2 is 1.95 bits per heavy atom. The van der Waals surface area contributed by atoms with E-state index >= 15 is 0 Å². The van der Waals surface area contributed by atoms with Crippen LogP contribution in [0.2, 0.25) is 0 Å². The smallest absolute Gasteiger partial charge is 0.324 e. The molecule has 1 aromatic rings. The number of sulfonamides is 1. The van der Waals surface area contributed by atoms with Gasteiger partial charge < -0.3 is 9.84 Å². The second-order valence-corrected chi connectivity index (χ2v) is 5.68. The first-order chi connectivity index (χ1) is 8.90. The van der Waals surface area contributed by atoms with Crippen molar-refractivity contribution < 1.29 is 23.1 Å². The molecule has 0 fully saturated rings. The fourth-order valence-electron chi connectivity index (χ4n) is 1.48. The van der Waals surface area contributed by atoms with E-state index in [2.05, 4.69) is 9.46 Å². The number of hydrogen-bond donors (Lipinski definition) is 2. The highest BCUT2D eigenvalue weighted by atomic mass is 32.2. The summed E-state index contributed by atoms with van der Waals surface area (Å²) in [5, 5.41) is 8.89. The highest BCUT2D eigenvalue weighted by Gasteiger charge is 2.25. The predicted molar refractivity (Wildman–Crippen MR) is 69.4 cm³/mol. The van der Waals surface area contributed by atoms with Crippen molar-refractivity contribution >= 4 is 16.0 Å². The molecule has 2 N–H and O–H groups in total. The number of ether oxygens (including phenoxy) is 1. The number of aryl methyl sites for hydroxylation is 1. The summed E-state index contributed by atoms with van der Waals surface area (Å²) in [6.07, 6.45) is 0.801. The Balaban J connectivity index is 2.92. The van der Waals surface area contributed by atoms with Gasteiger partial charge in [-0.2, -0.15) is 4.72 Å². The van der Waals surface area contributed by atoms with E-state index in [1.165, 1.54) is 19.2 Å². The molecule has 0 aliphatic carbocycles. The minimum Gasteiger partial charge on any atom is -0.480 e. The van der Waals surface area contributed by atoms with E-state index in [9.17, 15) is 13.2 Å². The molecule has 19 heavy (non-hydrogen) atoms. The van der Waals surface area contributed by atoms with Crippen LogP contribution < -0.4 is 4.72 Å². The third-order valence-corrected chi connectivity index (χ3v) is 4.06. The van der Waals surface area contributed by atoms with Gasteiger partial charge in [0.25, 0.3) is 0 Å². The molecule has 1 atom stereocenters. The third-order valence-electron chi connectivity index (χ3n) is 2.57. The molecule has 0 radical (unpaired) electrons. The van der Waals surface area contributed by atoms with Crippen molar-refractivity contribution in [3.05, 3.63) is 29.8 Å². The van der Waals surface area contributed by atoms with Crippen LogP contribution in [-0.4, -0.2) is 39.3 Å². The van der Waals surface area contributed by atoms with Crippen LogP contribution in [0.15, 0.2) is 29.2 Å². The summed E-state index contributed by atoms with van der Waals surface area (Å²) < 4.78 is 30.8. The number of hydrogen-bond acceptors (Lipinski definition) is 4. The van der Waals surface area contributed by atoms with Crippen LogP contribution >= 0.6 is 0 Å². The van der Waals surface area contributed by atoms with Gasteiger partial charge in [-0.15, -0.1) is 0 Å². The Bertz CT molecular complexity index is 524. The maximum Gasteiger partial charge on any atom is 0.324 e. The Labute approximate surface area is 112 Å². The Morgan fingerprint density at radius 3 is 2.37 bits per heavy atom. The molecule has 0 saturated heterocycles. The monoisotopic (exact) mass is 287 g/mol. The number of methoxy groups -OCH3 is 1. The summed E-state index contributed by atoms with van der Waals surface area (Å²) in [5.41, 5.74) is 1.01. The van der Waals surface area contributed by atoms with Gasteiger partial charge in [-0.3, -0.25) is 4.79 Å². The van der Waals surface area contributed by atoms with Gasteiger partial charge in [0, 0.05) is 7.11 Å². The van der Waals surface area contributed by atoms with E-state index < -0.39 is 22.0 Å². The summed E-state index contributed by atoms with van der Waals surface area (Å²) >= 11 is 0. The quantitative estimate of drug-likeness (QED) is 0.767. The van der Waals surface area contributed by atoms with Crippen LogP contribution in [0.1, 0.15) is 12.5 Å². The topological polar surface area (TPSA) is 92.7 Å². The molecule has 0 heterocycles. The number of aliphatic carboxylic acids is 1. The summed E-state index contributed by atoms with van der Waals surface area (Å²) in [6.45, 7) is 1.72. The van der Waals surface area contributed by atoms with Gasteiger partial charge in [-0.05, 0) is 24.1 Å². The van der Waals surface area contributed by atoms with Crippen molar-refractivity contribution in [2.45, 2.75) is 24.3 Å². The van der Waals surface area contributed by atoms with E-state index in [-0.39, 0.29) is 11.5 Å². The first-order valence-corrected chi connectivity index (χ1v) is 7.22. The van der Waals surface area contributed by atoms with Crippen molar-refractivity contribution in [3.63, 3.8) is 0 Å². The zero-order valence-electron chi connectivity index (χ0n) is 10.8. The number of carboxylic acid groups (broad SMARTS) is 1. The van der Waals surface area contributed by atoms with E-state index in [4.69, 9.17) is 5.11 Å². The van der Waals surface area contributed by atoms with E-state index in [0.717, 1.165) is 12.0 Å². The fraction of sp³-hybridized carbons (Fsp3) is 0.417. The van der Waals surface area contributed by atoms with Crippen LogP contribution in [0.3, 0.4) is 0 Å². The lowest BCUT2D eigenvalue weighted by Crippen LogP contribution is -2.43. The lowest BCUT2D eigenvalue weighted by atomic mass is 10.2. The van der Waals surface area contributed by atoms with Gasteiger partial charge in [-0.25, -0.2) is 8.42 Å². The zero-order valence-corrected chi connectivity index (χ0v) is 11.6. The van der Waals surface area contributed by atoms with Gasteiger partial charge in [0.15, 0.2) is 0 Å². The Hall–Kier alpha value is -1.44. The number of carbonyl (C=O) groups is 1. The molecule has 0 bridgehead atoms. The van der Waals surface area contributed by atoms with Crippen molar-refractivity contribution in [1.82, 2.24) is 4.72 Å². The van der Waals surface area contributed by atoms with Crippen LogP contribution in [-0.2, 0) is 26.0 Å². The number of carboxylic acids is 1. The predicted octanol–water partition coefficient (Wildman–Crippen LogP) is 0.627. The zero-order chi connectivity index (χ0) is 14.5. The summed E-state index contributed by atoms with van der Waals surface area (Å²) in [4.78, 5) is 10.9. The maximum atomic E-state index is 12.0. The van der Waals surface area contributed by atoms with Crippen LogP contribution in [0, 0.1) is 0 Å². The normalized spacial score (nSPS) is 13.2. The van der Waals surface area contributed by atoms with Crippen molar-refractivity contribution in [1.29, 1.82) is 0 Å². The van der Waals surface area contributed by atoms with Crippen molar-refractivity contribution in [2.75, 3.05) is 13.7 Å².